The van der Waals surface area contributed by atoms with E-state index >= 15 is 0 Å². The zero-order valence-electron chi connectivity index (χ0n) is 4.84. The molecule has 0 aliphatic carbocycles. The first-order valence-corrected chi connectivity index (χ1v) is 2.86. The summed E-state index contributed by atoms with van der Waals surface area (Å²) in [5, 5.41) is 0. The van der Waals surface area contributed by atoms with Crippen molar-refractivity contribution in [3.63, 3.8) is 0 Å². The molecule has 0 bridgehead atoms. The van der Waals surface area contributed by atoms with Gasteiger partial charge < -0.3 is 4.74 Å². The third kappa shape index (κ3) is 1.13. The molecule has 0 aromatic carbocycles. The summed E-state index contributed by atoms with van der Waals surface area (Å²) >= 11 is 0. The van der Waals surface area contributed by atoms with E-state index in [1.165, 1.54) is 0 Å². The van der Waals surface area contributed by atoms with Gasteiger partial charge in [0.1, 0.15) is 7.85 Å². The summed E-state index contributed by atoms with van der Waals surface area (Å²) in [6, 6.07) is -0.0435. The molecule has 0 aromatic heterocycles. The van der Waals surface area contributed by atoms with Crippen LogP contribution in [-0.4, -0.2) is 20.0 Å². The predicted octanol–water partition coefficient (Wildman–Crippen LogP) is 0.846. The topological polar surface area (TPSA) is 9.23 Å². The number of hydrogen-bond acceptors (Lipinski definition) is 1. The van der Waals surface area contributed by atoms with E-state index in [0.29, 0.717) is 0 Å². The van der Waals surface area contributed by atoms with E-state index < -0.39 is 0 Å². The normalized spacial score (nSPS) is 37.5. The summed E-state index contributed by atoms with van der Waals surface area (Å²) in [5.74, 6) is 0. The highest BCUT2D eigenvalue weighted by atomic mass is 16.5. The van der Waals surface area contributed by atoms with Gasteiger partial charge in [-0.2, -0.15) is 0 Å². The fourth-order valence-electron chi connectivity index (χ4n) is 0.863. The Morgan fingerprint density at radius 1 is 1.62 bits per heavy atom. The maximum atomic E-state index is 5.43. The monoisotopic (exact) mass is 108 g/mol. The predicted molar refractivity (Wildman–Crippen MR) is 33.8 cm³/mol. The average Bonchev–Trinajstić information content (AvgIpc) is 2.14. The van der Waals surface area contributed by atoms with Crippen molar-refractivity contribution in [2.45, 2.75) is 24.9 Å². The van der Waals surface area contributed by atoms with Gasteiger partial charge in [-0.1, -0.05) is 6.08 Å². The minimum absolute atomic E-state index is 0.0435. The molecular weight excluding hydrogens is 98.9 g/mol. The zero-order valence-corrected chi connectivity index (χ0v) is 4.84. The second-order valence-electron chi connectivity index (χ2n) is 2.03. The van der Waals surface area contributed by atoms with E-state index in [4.69, 9.17) is 12.6 Å². The molecule has 0 unspecified atom stereocenters. The quantitative estimate of drug-likeness (QED) is 0.357. The van der Waals surface area contributed by atoms with Gasteiger partial charge in [0, 0.05) is 6.00 Å². The van der Waals surface area contributed by atoms with Crippen LogP contribution in [0.5, 0.6) is 0 Å². The fraction of sp³-hybridized carbons (Fsp3) is 0.667. The summed E-state index contributed by atoms with van der Waals surface area (Å²) in [5.41, 5.74) is 0. The van der Waals surface area contributed by atoms with Crippen LogP contribution in [0.4, 0.5) is 0 Å². The lowest BCUT2D eigenvalue weighted by molar-refractivity contribution is 0.120. The highest BCUT2D eigenvalue weighted by molar-refractivity contribution is 6.11. The molecule has 0 saturated carbocycles. The molecule has 0 N–H and O–H groups in total. The Morgan fingerprint density at radius 2 is 2.38 bits per heavy atom. The largest absolute Gasteiger partial charge is 0.381 e. The lowest BCUT2D eigenvalue weighted by Crippen LogP contribution is -2.07. The molecule has 0 spiro atoms. The van der Waals surface area contributed by atoms with Gasteiger partial charge in [-0.05, 0) is 12.8 Å². The van der Waals surface area contributed by atoms with Gasteiger partial charge in [-0.3, -0.25) is 0 Å². The van der Waals surface area contributed by atoms with Gasteiger partial charge in [0.05, 0.1) is 6.10 Å². The molecule has 1 nitrogen and oxygen atoms in total. The smallest absolute Gasteiger partial charge is 0.109 e. The third-order valence-electron chi connectivity index (χ3n) is 1.35. The van der Waals surface area contributed by atoms with Crippen LogP contribution in [0, 0.1) is 0 Å². The van der Waals surface area contributed by atoms with Crippen molar-refractivity contribution in [1.29, 1.82) is 0 Å². The van der Waals surface area contributed by atoms with Crippen LogP contribution < -0.4 is 0 Å². The summed E-state index contributed by atoms with van der Waals surface area (Å²) in [6.07, 6.45) is 4.01. The molecule has 2 heteroatoms. The molecule has 42 valence electrons. The molecule has 0 amide bonds. The Bertz CT molecular complexity index is 92.5. The van der Waals surface area contributed by atoms with E-state index in [1.54, 1.807) is 6.08 Å². The second kappa shape index (κ2) is 2.36. The van der Waals surface area contributed by atoms with Crippen molar-refractivity contribution in [1.82, 2.24) is 0 Å². The van der Waals surface area contributed by atoms with E-state index in [1.807, 2.05) is 0 Å². The molecule has 1 heterocycles. The van der Waals surface area contributed by atoms with Crippen molar-refractivity contribution in [3.05, 3.63) is 12.7 Å². The van der Waals surface area contributed by atoms with Crippen molar-refractivity contribution in [3.8, 4) is 0 Å². The fourth-order valence-corrected chi connectivity index (χ4v) is 0.863. The molecule has 1 fully saturated rings. The minimum atomic E-state index is -0.0435. The first kappa shape index (κ1) is 5.89. The van der Waals surface area contributed by atoms with Gasteiger partial charge in [-0.25, -0.2) is 0 Å². The standard InChI is InChI=1S/C6H9BO/c1-2-5-3-4-6(7)8-5/h2,5-6H,1,3-4H2/t5-,6-/m1/s1. The minimum Gasteiger partial charge on any atom is -0.381 e. The van der Waals surface area contributed by atoms with Crippen LogP contribution in [0.25, 0.3) is 0 Å². The molecule has 8 heavy (non-hydrogen) atoms. The van der Waals surface area contributed by atoms with Crippen LogP contribution in [0.3, 0.4) is 0 Å². The zero-order chi connectivity index (χ0) is 5.98. The number of ether oxygens (including phenoxy) is 1. The molecule has 2 radical (unpaired) electrons. The van der Waals surface area contributed by atoms with Crippen LogP contribution in [0.2, 0.25) is 0 Å². The molecule has 1 rings (SSSR count). The Labute approximate surface area is 51.1 Å². The first-order chi connectivity index (χ1) is 3.83. The Kier molecular flexibility index (Phi) is 1.74. The lowest BCUT2D eigenvalue weighted by Gasteiger charge is -2.03. The maximum Gasteiger partial charge on any atom is 0.109 e. The van der Waals surface area contributed by atoms with E-state index in [9.17, 15) is 0 Å². The first-order valence-electron chi connectivity index (χ1n) is 2.86. The second-order valence-corrected chi connectivity index (χ2v) is 2.03. The van der Waals surface area contributed by atoms with Gasteiger partial charge in [0.25, 0.3) is 0 Å². The molecule has 1 aliphatic heterocycles. The van der Waals surface area contributed by atoms with Gasteiger partial charge in [0.15, 0.2) is 0 Å². The van der Waals surface area contributed by atoms with Crippen molar-refractivity contribution < 1.29 is 4.74 Å². The van der Waals surface area contributed by atoms with Crippen LogP contribution in [-0.2, 0) is 4.74 Å². The van der Waals surface area contributed by atoms with Crippen molar-refractivity contribution in [2.24, 2.45) is 0 Å². The summed E-state index contributed by atoms with van der Waals surface area (Å²) in [6.45, 7) is 3.60. The highest BCUT2D eigenvalue weighted by Crippen LogP contribution is 2.16. The van der Waals surface area contributed by atoms with E-state index in [2.05, 4.69) is 6.58 Å². The van der Waals surface area contributed by atoms with Crippen molar-refractivity contribution in [2.75, 3.05) is 0 Å². The maximum absolute atomic E-state index is 5.43. The van der Waals surface area contributed by atoms with E-state index in [0.717, 1.165) is 12.8 Å². The van der Waals surface area contributed by atoms with Gasteiger partial charge >= 0.3 is 0 Å². The molecular formula is C6H9BO. The van der Waals surface area contributed by atoms with Crippen molar-refractivity contribution >= 4 is 7.85 Å². The van der Waals surface area contributed by atoms with Gasteiger partial charge in [0.2, 0.25) is 0 Å². The molecule has 1 saturated heterocycles. The Balaban J connectivity index is 2.32. The average molecular weight is 108 g/mol. The summed E-state index contributed by atoms with van der Waals surface area (Å²) in [4.78, 5) is 0. The number of hydrogen-bond donors (Lipinski definition) is 0. The molecule has 2 atom stereocenters. The Morgan fingerprint density at radius 3 is 2.62 bits per heavy atom. The lowest BCUT2D eigenvalue weighted by atomic mass is 9.97. The summed E-state index contributed by atoms with van der Waals surface area (Å²) < 4.78 is 5.17. The molecule has 0 aromatic rings. The van der Waals surface area contributed by atoms with Crippen LogP contribution in [0.1, 0.15) is 12.8 Å². The number of rotatable bonds is 1. The molecule has 1 aliphatic rings. The highest BCUT2D eigenvalue weighted by Gasteiger charge is 2.17. The van der Waals surface area contributed by atoms with E-state index in [-0.39, 0.29) is 12.1 Å². The third-order valence-corrected chi connectivity index (χ3v) is 1.35. The van der Waals surface area contributed by atoms with Crippen LogP contribution >= 0.6 is 0 Å². The van der Waals surface area contributed by atoms with Gasteiger partial charge in [-0.15, -0.1) is 6.58 Å². The Hall–Kier alpha value is -0.235. The van der Waals surface area contributed by atoms with Crippen LogP contribution in [0.15, 0.2) is 12.7 Å². The summed E-state index contributed by atoms with van der Waals surface area (Å²) in [7, 11) is 5.43. The SMILES string of the molecule is [B][C@H]1CC[C@@H](C=C)O1.